The summed E-state index contributed by atoms with van der Waals surface area (Å²) in [5.41, 5.74) is 2.90. The molecule has 3 nitrogen and oxygen atoms in total. The summed E-state index contributed by atoms with van der Waals surface area (Å²) in [4.78, 5) is 0. The SMILES string of the molecule is CCCC(C)CC(NN)C(CC)OCC. The normalized spacial score (nSPS) is 17.4. The fourth-order valence-corrected chi connectivity index (χ4v) is 2.10. The topological polar surface area (TPSA) is 47.3 Å². The van der Waals surface area contributed by atoms with Crippen molar-refractivity contribution in [3.63, 3.8) is 0 Å². The van der Waals surface area contributed by atoms with E-state index < -0.39 is 0 Å². The summed E-state index contributed by atoms with van der Waals surface area (Å²) in [6.07, 6.45) is 4.87. The van der Waals surface area contributed by atoms with Gasteiger partial charge in [0.05, 0.1) is 6.10 Å². The van der Waals surface area contributed by atoms with Gasteiger partial charge in [0.1, 0.15) is 0 Å². The minimum absolute atomic E-state index is 0.249. The molecule has 0 bridgehead atoms. The lowest BCUT2D eigenvalue weighted by molar-refractivity contribution is 0.0255. The maximum atomic E-state index is 5.68. The molecule has 0 aromatic heterocycles. The van der Waals surface area contributed by atoms with Crippen LogP contribution in [0.2, 0.25) is 0 Å². The van der Waals surface area contributed by atoms with E-state index in [-0.39, 0.29) is 12.1 Å². The lowest BCUT2D eigenvalue weighted by Gasteiger charge is -2.27. The van der Waals surface area contributed by atoms with Crippen LogP contribution in [-0.4, -0.2) is 18.8 Å². The minimum Gasteiger partial charge on any atom is -0.377 e. The summed E-state index contributed by atoms with van der Waals surface area (Å²) in [7, 11) is 0. The van der Waals surface area contributed by atoms with Crippen molar-refractivity contribution in [1.82, 2.24) is 5.43 Å². The molecule has 0 heterocycles. The summed E-state index contributed by atoms with van der Waals surface area (Å²) in [6.45, 7) is 9.45. The van der Waals surface area contributed by atoms with E-state index >= 15 is 0 Å². The van der Waals surface area contributed by atoms with Crippen LogP contribution in [0.15, 0.2) is 0 Å². The number of rotatable bonds is 9. The molecule has 0 aliphatic heterocycles. The molecular weight excluding hydrogens is 188 g/mol. The molecule has 3 unspecified atom stereocenters. The smallest absolute Gasteiger partial charge is 0.0738 e. The first-order valence-electron chi connectivity index (χ1n) is 6.27. The molecule has 0 aromatic rings. The number of hydrogen-bond acceptors (Lipinski definition) is 3. The predicted molar refractivity (Wildman–Crippen MR) is 65.5 cm³/mol. The quantitative estimate of drug-likeness (QED) is 0.460. The van der Waals surface area contributed by atoms with Crippen LogP contribution in [0, 0.1) is 5.92 Å². The van der Waals surface area contributed by atoms with Crippen LogP contribution >= 0.6 is 0 Å². The molecular formula is C12H28N2O. The second-order valence-corrected chi connectivity index (χ2v) is 4.30. The fourth-order valence-electron chi connectivity index (χ4n) is 2.10. The third-order valence-electron chi connectivity index (χ3n) is 2.88. The van der Waals surface area contributed by atoms with Gasteiger partial charge in [-0.25, -0.2) is 0 Å². The van der Waals surface area contributed by atoms with Crippen LogP contribution in [0.1, 0.15) is 53.4 Å². The highest BCUT2D eigenvalue weighted by Gasteiger charge is 2.20. The van der Waals surface area contributed by atoms with Gasteiger partial charge in [-0.2, -0.15) is 0 Å². The fraction of sp³-hybridized carbons (Fsp3) is 1.00. The van der Waals surface area contributed by atoms with Gasteiger partial charge < -0.3 is 4.74 Å². The van der Waals surface area contributed by atoms with Crippen molar-refractivity contribution in [1.29, 1.82) is 0 Å². The van der Waals surface area contributed by atoms with E-state index in [0.29, 0.717) is 5.92 Å². The van der Waals surface area contributed by atoms with Gasteiger partial charge in [0.25, 0.3) is 0 Å². The lowest BCUT2D eigenvalue weighted by atomic mass is 9.93. The zero-order chi connectivity index (χ0) is 11.7. The second-order valence-electron chi connectivity index (χ2n) is 4.30. The average Bonchev–Trinajstić information content (AvgIpc) is 2.23. The minimum atomic E-state index is 0.249. The van der Waals surface area contributed by atoms with Crippen LogP contribution in [0.5, 0.6) is 0 Å². The first-order chi connectivity index (χ1) is 7.19. The Morgan fingerprint density at radius 3 is 2.33 bits per heavy atom. The molecule has 3 atom stereocenters. The maximum absolute atomic E-state index is 5.68. The number of hydrogen-bond donors (Lipinski definition) is 2. The van der Waals surface area contributed by atoms with Crippen LogP contribution < -0.4 is 11.3 Å². The molecule has 0 rings (SSSR count). The molecule has 15 heavy (non-hydrogen) atoms. The number of ether oxygens (including phenoxy) is 1. The zero-order valence-electron chi connectivity index (χ0n) is 10.8. The molecule has 0 radical (unpaired) electrons. The summed E-state index contributed by atoms with van der Waals surface area (Å²) >= 11 is 0. The van der Waals surface area contributed by atoms with Crippen molar-refractivity contribution in [2.45, 2.75) is 65.5 Å². The Morgan fingerprint density at radius 1 is 1.27 bits per heavy atom. The van der Waals surface area contributed by atoms with E-state index in [9.17, 15) is 0 Å². The molecule has 0 fully saturated rings. The van der Waals surface area contributed by atoms with Gasteiger partial charge in [-0.05, 0) is 25.7 Å². The van der Waals surface area contributed by atoms with E-state index in [0.717, 1.165) is 19.4 Å². The summed E-state index contributed by atoms with van der Waals surface area (Å²) in [5.74, 6) is 6.31. The molecule has 3 N–H and O–H groups in total. The first-order valence-corrected chi connectivity index (χ1v) is 6.27. The lowest BCUT2D eigenvalue weighted by Crippen LogP contribution is -2.46. The highest BCUT2D eigenvalue weighted by molar-refractivity contribution is 4.76. The van der Waals surface area contributed by atoms with Crippen LogP contribution in [0.25, 0.3) is 0 Å². The van der Waals surface area contributed by atoms with E-state index in [1.165, 1.54) is 12.8 Å². The number of nitrogens with two attached hydrogens (primary N) is 1. The van der Waals surface area contributed by atoms with Gasteiger partial charge in [0, 0.05) is 12.6 Å². The summed E-state index contributed by atoms with van der Waals surface area (Å²) < 4.78 is 5.68. The summed E-state index contributed by atoms with van der Waals surface area (Å²) in [6, 6.07) is 0.288. The van der Waals surface area contributed by atoms with Crippen molar-refractivity contribution < 1.29 is 4.74 Å². The molecule has 0 amide bonds. The molecule has 0 aromatic carbocycles. The Bertz CT molecular complexity index is 142. The van der Waals surface area contributed by atoms with E-state index in [2.05, 4.69) is 26.2 Å². The highest BCUT2D eigenvalue weighted by Crippen LogP contribution is 2.17. The third-order valence-corrected chi connectivity index (χ3v) is 2.88. The molecule has 3 heteroatoms. The Kier molecular flexibility index (Phi) is 9.06. The Morgan fingerprint density at radius 2 is 1.93 bits per heavy atom. The average molecular weight is 216 g/mol. The predicted octanol–water partition coefficient (Wildman–Crippen LogP) is 2.46. The molecule has 0 spiro atoms. The van der Waals surface area contributed by atoms with E-state index in [4.69, 9.17) is 10.6 Å². The standard InChI is InChI=1S/C12H28N2O/c1-5-8-10(4)9-11(14-13)12(6-2)15-7-3/h10-12,14H,5-9,13H2,1-4H3. The van der Waals surface area contributed by atoms with Gasteiger partial charge in [-0.15, -0.1) is 0 Å². The van der Waals surface area contributed by atoms with Crippen molar-refractivity contribution >= 4 is 0 Å². The molecule has 0 aliphatic carbocycles. The van der Waals surface area contributed by atoms with Crippen molar-refractivity contribution in [2.75, 3.05) is 6.61 Å². The summed E-state index contributed by atoms with van der Waals surface area (Å²) in [5, 5.41) is 0. The van der Waals surface area contributed by atoms with Crippen molar-refractivity contribution in [3.05, 3.63) is 0 Å². The maximum Gasteiger partial charge on any atom is 0.0738 e. The van der Waals surface area contributed by atoms with Gasteiger partial charge in [0.2, 0.25) is 0 Å². The second kappa shape index (κ2) is 9.13. The van der Waals surface area contributed by atoms with Crippen molar-refractivity contribution in [3.8, 4) is 0 Å². The molecule has 0 saturated carbocycles. The number of hydrazine groups is 1. The van der Waals surface area contributed by atoms with Gasteiger partial charge in [0.15, 0.2) is 0 Å². The van der Waals surface area contributed by atoms with E-state index in [1.807, 2.05) is 6.92 Å². The molecule has 0 saturated heterocycles. The zero-order valence-corrected chi connectivity index (χ0v) is 10.8. The number of nitrogens with one attached hydrogen (secondary N) is 1. The Hall–Kier alpha value is -0.120. The van der Waals surface area contributed by atoms with Gasteiger partial charge in [-0.1, -0.05) is 33.6 Å². The Labute approximate surface area is 94.7 Å². The van der Waals surface area contributed by atoms with Gasteiger partial charge in [-0.3, -0.25) is 11.3 Å². The third kappa shape index (κ3) is 6.13. The first kappa shape index (κ1) is 14.9. The largest absolute Gasteiger partial charge is 0.377 e. The monoisotopic (exact) mass is 216 g/mol. The molecule has 0 aliphatic rings. The van der Waals surface area contributed by atoms with Crippen LogP contribution in [0.4, 0.5) is 0 Å². The van der Waals surface area contributed by atoms with Crippen LogP contribution in [0.3, 0.4) is 0 Å². The van der Waals surface area contributed by atoms with E-state index in [1.54, 1.807) is 0 Å². The van der Waals surface area contributed by atoms with Gasteiger partial charge >= 0.3 is 0 Å². The Balaban J connectivity index is 4.07. The molecule has 92 valence electrons. The van der Waals surface area contributed by atoms with Crippen molar-refractivity contribution in [2.24, 2.45) is 11.8 Å². The van der Waals surface area contributed by atoms with Crippen LogP contribution in [-0.2, 0) is 4.74 Å². The highest BCUT2D eigenvalue weighted by atomic mass is 16.5.